The SMILES string of the molecule is O=C(O)c1ccc2oc(/C=C/C=C3\Oc4c(cc(S(=O)(=O)O)cc4S(=O)(=O)O)N3CCCS(=O)(=O)O)[n+](CCCS(=O)(=O)O)c2c1. The number of aromatic carboxylic acids is 1. The van der Waals surface area contributed by atoms with E-state index in [4.69, 9.17) is 18.3 Å². The van der Waals surface area contributed by atoms with Crippen molar-refractivity contribution in [2.75, 3.05) is 23.0 Å². The number of carboxylic acid groups (broad SMARTS) is 1. The van der Waals surface area contributed by atoms with Gasteiger partial charge in [0.1, 0.15) is 4.90 Å². The number of aromatic nitrogens is 1. The first kappa shape index (κ1) is 35.0. The molecule has 0 amide bonds. The highest BCUT2D eigenvalue weighted by atomic mass is 32.2. The molecule has 0 spiro atoms. The third-order valence-electron chi connectivity index (χ3n) is 6.37. The van der Waals surface area contributed by atoms with Gasteiger partial charge in [-0.15, -0.1) is 0 Å². The van der Waals surface area contributed by atoms with Crippen LogP contribution in [0.3, 0.4) is 0 Å². The van der Waals surface area contributed by atoms with Crippen LogP contribution in [0.15, 0.2) is 62.6 Å². The molecule has 250 valence electrons. The maximum Gasteiger partial charge on any atom is 0.374 e. The van der Waals surface area contributed by atoms with E-state index < -0.39 is 73.5 Å². The van der Waals surface area contributed by atoms with E-state index in [1.165, 1.54) is 41.0 Å². The van der Waals surface area contributed by atoms with Gasteiger partial charge < -0.3 is 19.2 Å². The zero-order valence-electron chi connectivity index (χ0n) is 23.1. The third kappa shape index (κ3) is 8.47. The fourth-order valence-electron chi connectivity index (χ4n) is 4.45. The minimum atomic E-state index is -5.14. The molecule has 0 atom stereocenters. The van der Waals surface area contributed by atoms with E-state index in [1.807, 2.05) is 0 Å². The molecule has 18 nitrogen and oxygen atoms in total. The first-order valence-corrected chi connectivity index (χ1v) is 18.8. The summed E-state index contributed by atoms with van der Waals surface area (Å²) in [4.78, 5) is 10.6. The van der Waals surface area contributed by atoms with Gasteiger partial charge in [0.2, 0.25) is 11.5 Å². The lowest BCUT2D eigenvalue weighted by Crippen LogP contribution is -2.36. The van der Waals surface area contributed by atoms with Gasteiger partial charge in [-0.05, 0) is 42.8 Å². The number of allylic oxidation sites excluding steroid dienone is 2. The standard InChI is InChI=1S/C24H24N2O16S4/c27-24(28)15-6-7-19-17(12-15)25(8-2-10-43(29,30)31)21(41-19)4-1-5-22-26(9-3-11-44(32,33)34)18-13-16(45(35,36)37)14-20(23(18)42-22)46(38,39)40/h1,4-7,12-14H,2-3,8-11H2,(H4-,27,28,29,30,31,32,33,34,35,36,37,38,39,40)/p+1. The summed E-state index contributed by atoms with van der Waals surface area (Å²) in [6.07, 6.45) is 3.40. The second-order valence-electron chi connectivity index (χ2n) is 9.70. The minimum Gasteiger partial charge on any atom is -0.478 e. The Morgan fingerprint density at radius 1 is 0.870 bits per heavy atom. The lowest BCUT2D eigenvalue weighted by Gasteiger charge is -2.18. The molecule has 0 saturated heterocycles. The van der Waals surface area contributed by atoms with Crippen LogP contribution in [-0.2, 0) is 47.0 Å². The smallest absolute Gasteiger partial charge is 0.374 e. The van der Waals surface area contributed by atoms with Crippen molar-refractivity contribution >= 4 is 69.3 Å². The van der Waals surface area contributed by atoms with Crippen LogP contribution in [0.4, 0.5) is 5.69 Å². The van der Waals surface area contributed by atoms with E-state index in [0.29, 0.717) is 6.07 Å². The lowest BCUT2D eigenvalue weighted by molar-refractivity contribution is -0.677. The van der Waals surface area contributed by atoms with Crippen LogP contribution in [0.2, 0.25) is 0 Å². The first-order valence-electron chi connectivity index (χ1n) is 12.7. The molecule has 0 bridgehead atoms. The quantitative estimate of drug-likeness (QED) is 0.122. The summed E-state index contributed by atoms with van der Waals surface area (Å²) in [5.41, 5.74) is 0.0551. The highest BCUT2D eigenvalue weighted by molar-refractivity contribution is 7.87. The zero-order valence-corrected chi connectivity index (χ0v) is 26.4. The van der Waals surface area contributed by atoms with Crippen LogP contribution < -0.4 is 14.2 Å². The second kappa shape index (κ2) is 12.7. The fraction of sp³-hybridized carbons (Fsp3) is 0.250. The van der Waals surface area contributed by atoms with Crippen molar-refractivity contribution in [2.24, 2.45) is 0 Å². The molecule has 4 rings (SSSR count). The van der Waals surface area contributed by atoms with Gasteiger partial charge in [-0.25, -0.2) is 4.79 Å². The molecule has 0 fully saturated rings. The van der Waals surface area contributed by atoms with Gasteiger partial charge in [-0.1, -0.05) is 0 Å². The maximum atomic E-state index is 12.1. The Bertz CT molecular complexity index is 2220. The van der Waals surface area contributed by atoms with Crippen molar-refractivity contribution in [1.82, 2.24) is 0 Å². The summed E-state index contributed by atoms with van der Waals surface area (Å²) in [7, 11) is -18.9. The van der Waals surface area contributed by atoms with Crippen LogP contribution in [0.25, 0.3) is 17.2 Å². The Hall–Kier alpha value is -3.90. The summed E-state index contributed by atoms with van der Waals surface area (Å²) in [5.74, 6) is -3.38. The van der Waals surface area contributed by atoms with Crippen molar-refractivity contribution in [3.05, 3.63) is 59.8 Å². The van der Waals surface area contributed by atoms with Gasteiger partial charge in [-0.2, -0.15) is 38.2 Å². The molecule has 2 aromatic carbocycles. The average molecular weight is 726 g/mol. The molecule has 0 saturated carbocycles. The van der Waals surface area contributed by atoms with Crippen molar-refractivity contribution < 1.29 is 75.5 Å². The Morgan fingerprint density at radius 3 is 2.11 bits per heavy atom. The van der Waals surface area contributed by atoms with E-state index in [9.17, 15) is 52.7 Å². The van der Waals surface area contributed by atoms with E-state index in [-0.39, 0.29) is 60.1 Å². The van der Waals surface area contributed by atoms with Gasteiger partial charge in [0, 0.05) is 19.0 Å². The molecule has 3 aromatic rings. The van der Waals surface area contributed by atoms with Crippen molar-refractivity contribution in [1.29, 1.82) is 0 Å². The maximum absolute atomic E-state index is 12.1. The molecular weight excluding hydrogens is 701 g/mol. The van der Waals surface area contributed by atoms with Crippen molar-refractivity contribution in [2.45, 2.75) is 29.2 Å². The number of hydrogen-bond donors (Lipinski definition) is 5. The number of oxazole rings is 1. The second-order valence-corrected chi connectivity index (χ2v) is 15.7. The van der Waals surface area contributed by atoms with Crippen LogP contribution >= 0.6 is 0 Å². The lowest BCUT2D eigenvalue weighted by atomic mass is 10.2. The van der Waals surface area contributed by atoms with Gasteiger partial charge in [0.05, 0.1) is 33.7 Å². The average Bonchev–Trinajstić information content (AvgIpc) is 3.42. The molecule has 22 heteroatoms. The minimum absolute atomic E-state index is 0.0467. The topological polar surface area (TPSA) is 284 Å². The number of aryl methyl sites for hydroxylation is 1. The highest BCUT2D eigenvalue weighted by Crippen LogP contribution is 2.45. The molecule has 1 aliphatic heterocycles. The van der Waals surface area contributed by atoms with Crippen LogP contribution in [0, 0.1) is 0 Å². The molecule has 1 aliphatic rings. The predicted octanol–water partition coefficient (Wildman–Crippen LogP) is 1.22. The Labute approximate surface area is 261 Å². The van der Waals surface area contributed by atoms with Crippen LogP contribution in [0.5, 0.6) is 5.75 Å². The molecule has 5 N–H and O–H groups in total. The van der Waals surface area contributed by atoms with E-state index >= 15 is 0 Å². The molecule has 46 heavy (non-hydrogen) atoms. The van der Waals surface area contributed by atoms with Crippen molar-refractivity contribution in [3.63, 3.8) is 0 Å². The Kier molecular flexibility index (Phi) is 9.66. The molecule has 2 heterocycles. The van der Waals surface area contributed by atoms with Gasteiger partial charge in [-0.3, -0.25) is 18.2 Å². The van der Waals surface area contributed by atoms with Crippen LogP contribution in [-0.4, -0.2) is 81.0 Å². The van der Waals surface area contributed by atoms with Gasteiger partial charge >= 0.3 is 11.9 Å². The predicted molar refractivity (Wildman–Crippen MR) is 157 cm³/mol. The first-order chi connectivity index (χ1) is 21.1. The summed E-state index contributed by atoms with van der Waals surface area (Å²) < 4.78 is 143. The normalized spacial score (nSPS) is 15.1. The molecule has 0 unspecified atom stereocenters. The summed E-state index contributed by atoms with van der Waals surface area (Å²) in [5, 5.41) is 9.38. The third-order valence-corrected chi connectivity index (χ3v) is 9.67. The molecular formula is C24H25N2O16S4+. The Balaban J connectivity index is 1.80. The molecule has 1 aromatic heterocycles. The Morgan fingerprint density at radius 2 is 1.52 bits per heavy atom. The summed E-state index contributed by atoms with van der Waals surface area (Å²) in [6, 6.07) is 5.19. The molecule has 0 aliphatic carbocycles. The fourth-order valence-corrected chi connectivity index (χ4v) is 6.70. The largest absolute Gasteiger partial charge is 0.478 e. The number of anilines is 1. The summed E-state index contributed by atoms with van der Waals surface area (Å²) >= 11 is 0. The number of ether oxygens (including phenoxy) is 1. The number of rotatable bonds is 13. The number of benzene rings is 2. The monoisotopic (exact) mass is 725 g/mol. The zero-order chi connectivity index (χ0) is 34.2. The number of carbonyl (C=O) groups is 1. The van der Waals surface area contributed by atoms with E-state index in [0.717, 1.165) is 11.0 Å². The number of fused-ring (bicyclic) bond motifs is 2. The van der Waals surface area contributed by atoms with Gasteiger partial charge in [0.25, 0.3) is 46.0 Å². The number of hydrogen-bond acceptors (Lipinski definition) is 12. The van der Waals surface area contributed by atoms with E-state index in [1.54, 1.807) is 0 Å². The van der Waals surface area contributed by atoms with Crippen LogP contribution in [0.1, 0.15) is 29.1 Å². The van der Waals surface area contributed by atoms with Gasteiger partial charge in [0.15, 0.2) is 12.3 Å². The number of nitrogens with zero attached hydrogens (tertiary/aromatic N) is 2. The van der Waals surface area contributed by atoms with Crippen molar-refractivity contribution in [3.8, 4) is 5.75 Å². The van der Waals surface area contributed by atoms with E-state index in [2.05, 4.69) is 0 Å². The summed E-state index contributed by atoms with van der Waals surface area (Å²) in [6.45, 7) is -0.378. The molecule has 0 radical (unpaired) electrons. The number of carboxylic acids is 1. The highest BCUT2D eigenvalue weighted by Gasteiger charge is 2.35.